The lowest BCUT2D eigenvalue weighted by atomic mass is 10.1. The maximum atomic E-state index is 13.2. The predicted octanol–water partition coefficient (Wildman–Crippen LogP) is 2.89. The average molecular weight is 287 g/mol. The number of methoxy groups -OCH3 is 1. The molecule has 0 unspecified atom stereocenters. The summed E-state index contributed by atoms with van der Waals surface area (Å²) in [4.78, 5) is 7.52. The quantitative estimate of drug-likeness (QED) is 0.863. The lowest BCUT2D eigenvalue weighted by Gasteiger charge is -2.10. The molecule has 0 saturated heterocycles. The van der Waals surface area contributed by atoms with E-state index in [1.165, 1.54) is 19.2 Å². The minimum atomic E-state index is -4.79. The summed E-state index contributed by atoms with van der Waals surface area (Å²) < 4.78 is 56.0. The van der Waals surface area contributed by atoms with Crippen LogP contribution in [-0.2, 0) is 6.18 Å². The van der Waals surface area contributed by atoms with Crippen molar-refractivity contribution in [3.63, 3.8) is 0 Å². The standard InChI is InChI=1S/C12H9F4N3O/c1-20-10-5-9(18-11(17)19-10)6-2-3-8(13)7(4-6)12(14,15)16/h2-5H,1H3,(H2,17,18,19). The Morgan fingerprint density at radius 1 is 1.15 bits per heavy atom. The number of hydrogen-bond acceptors (Lipinski definition) is 4. The molecule has 0 amide bonds. The van der Waals surface area contributed by atoms with Crippen molar-refractivity contribution in [3.05, 3.63) is 35.6 Å². The highest BCUT2D eigenvalue weighted by molar-refractivity contribution is 5.62. The molecule has 0 aliphatic heterocycles. The fourth-order valence-corrected chi connectivity index (χ4v) is 1.60. The first-order valence-electron chi connectivity index (χ1n) is 5.37. The van der Waals surface area contributed by atoms with E-state index in [1.807, 2.05) is 0 Å². The van der Waals surface area contributed by atoms with Crippen LogP contribution in [0.4, 0.5) is 23.5 Å². The Bertz CT molecular complexity index is 643. The number of rotatable bonds is 2. The molecule has 4 nitrogen and oxygen atoms in total. The Kier molecular flexibility index (Phi) is 3.47. The van der Waals surface area contributed by atoms with Gasteiger partial charge in [-0.3, -0.25) is 0 Å². The van der Waals surface area contributed by atoms with Crippen molar-refractivity contribution in [2.24, 2.45) is 0 Å². The molecule has 0 aliphatic rings. The number of anilines is 1. The molecule has 8 heteroatoms. The first kappa shape index (κ1) is 14.0. The Hall–Kier alpha value is -2.38. The summed E-state index contributed by atoms with van der Waals surface area (Å²) in [6.07, 6.45) is -4.79. The SMILES string of the molecule is COc1cc(-c2ccc(F)c(C(F)(F)F)c2)nc(N)n1. The Labute approximate surface area is 111 Å². The van der Waals surface area contributed by atoms with Gasteiger partial charge in [-0.05, 0) is 18.2 Å². The molecule has 0 atom stereocenters. The van der Waals surface area contributed by atoms with Gasteiger partial charge < -0.3 is 10.5 Å². The van der Waals surface area contributed by atoms with Gasteiger partial charge in [-0.15, -0.1) is 0 Å². The molecule has 20 heavy (non-hydrogen) atoms. The molecule has 0 saturated carbocycles. The Balaban J connectivity index is 2.56. The number of hydrogen-bond donors (Lipinski definition) is 1. The van der Waals surface area contributed by atoms with E-state index in [0.717, 1.165) is 6.07 Å². The maximum absolute atomic E-state index is 13.2. The number of alkyl halides is 3. The topological polar surface area (TPSA) is 61.0 Å². The van der Waals surface area contributed by atoms with Gasteiger partial charge >= 0.3 is 6.18 Å². The van der Waals surface area contributed by atoms with E-state index in [0.29, 0.717) is 6.07 Å². The van der Waals surface area contributed by atoms with Crippen LogP contribution in [0.5, 0.6) is 5.88 Å². The van der Waals surface area contributed by atoms with Crippen LogP contribution < -0.4 is 10.5 Å². The van der Waals surface area contributed by atoms with Gasteiger partial charge in [0.1, 0.15) is 5.82 Å². The lowest BCUT2D eigenvalue weighted by molar-refractivity contribution is -0.139. The van der Waals surface area contributed by atoms with Crippen molar-refractivity contribution in [1.29, 1.82) is 0 Å². The van der Waals surface area contributed by atoms with Crippen LogP contribution in [0.2, 0.25) is 0 Å². The number of nitrogens with zero attached hydrogens (tertiary/aromatic N) is 2. The fourth-order valence-electron chi connectivity index (χ4n) is 1.60. The number of aromatic nitrogens is 2. The second-order valence-corrected chi connectivity index (χ2v) is 3.85. The molecule has 1 aromatic carbocycles. The first-order chi connectivity index (χ1) is 9.31. The summed E-state index contributed by atoms with van der Waals surface area (Å²) in [5.74, 6) is -1.40. The van der Waals surface area contributed by atoms with E-state index < -0.39 is 17.6 Å². The zero-order valence-corrected chi connectivity index (χ0v) is 10.2. The number of ether oxygens (including phenoxy) is 1. The van der Waals surface area contributed by atoms with Crippen molar-refractivity contribution in [1.82, 2.24) is 9.97 Å². The van der Waals surface area contributed by atoms with E-state index in [1.54, 1.807) is 0 Å². The van der Waals surface area contributed by atoms with Crippen LogP contribution in [0.1, 0.15) is 5.56 Å². The summed E-state index contributed by atoms with van der Waals surface area (Å²) >= 11 is 0. The van der Waals surface area contributed by atoms with Gasteiger partial charge in [0.15, 0.2) is 0 Å². The van der Waals surface area contributed by atoms with Gasteiger partial charge in [0.05, 0.1) is 18.4 Å². The highest BCUT2D eigenvalue weighted by Crippen LogP contribution is 2.34. The summed E-state index contributed by atoms with van der Waals surface area (Å²) in [6, 6.07) is 3.87. The molecular formula is C12H9F4N3O. The lowest BCUT2D eigenvalue weighted by Crippen LogP contribution is -2.08. The number of nitrogens with two attached hydrogens (primary N) is 1. The summed E-state index contributed by atoms with van der Waals surface area (Å²) in [5.41, 5.74) is 4.23. The smallest absolute Gasteiger partial charge is 0.419 e. The average Bonchev–Trinajstić information content (AvgIpc) is 2.37. The zero-order chi connectivity index (χ0) is 14.9. The largest absolute Gasteiger partial charge is 0.481 e. The molecule has 0 fully saturated rings. The van der Waals surface area contributed by atoms with Crippen LogP contribution in [-0.4, -0.2) is 17.1 Å². The van der Waals surface area contributed by atoms with Crippen LogP contribution in [0.15, 0.2) is 24.3 Å². The van der Waals surface area contributed by atoms with E-state index >= 15 is 0 Å². The van der Waals surface area contributed by atoms with Gasteiger partial charge in [-0.25, -0.2) is 9.37 Å². The summed E-state index contributed by atoms with van der Waals surface area (Å²) in [5, 5.41) is 0. The van der Waals surface area contributed by atoms with E-state index in [-0.39, 0.29) is 23.1 Å². The highest BCUT2D eigenvalue weighted by atomic mass is 19.4. The van der Waals surface area contributed by atoms with Crippen molar-refractivity contribution >= 4 is 5.95 Å². The number of nitrogen functional groups attached to an aromatic ring is 1. The zero-order valence-electron chi connectivity index (χ0n) is 10.2. The summed E-state index contributed by atoms with van der Waals surface area (Å²) in [6.45, 7) is 0. The minimum Gasteiger partial charge on any atom is -0.481 e. The van der Waals surface area contributed by atoms with Crippen LogP contribution in [0, 0.1) is 5.82 Å². The molecule has 0 radical (unpaired) electrons. The molecule has 0 bridgehead atoms. The summed E-state index contributed by atoms with van der Waals surface area (Å²) in [7, 11) is 1.33. The monoisotopic (exact) mass is 287 g/mol. The van der Waals surface area contributed by atoms with Crippen molar-refractivity contribution in [2.75, 3.05) is 12.8 Å². The van der Waals surface area contributed by atoms with Gasteiger partial charge in [-0.2, -0.15) is 18.2 Å². The Morgan fingerprint density at radius 2 is 1.85 bits per heavy atom. The molecule has 2 aromatic rings. The molecule has 0 spiro atoms. The number of benzene rings is 1. The van der Waals surface area contributed by atoms with Gasteiger partial charge in [0.2, 0.25) is 11.8 Å². The maximum Gasteiger partial charge on any atom is 0.419 e. The van der Waals surface area contributed by atoms with Crippen LogP contribution in [0.25, 0.3) is 11.3 Å². The molecule has 1 aromatic heterocycles. The normalized spacial score (nSPS) is 11.4. The molecule has 2 rings (SSSR count). The van der Waals surface area contributed by atoms with E-state index in [4.69, 9.17) is 10.5 Å². The Morgan fingerprint density at radius 3 is 2.45 bits per heavy atom. The second-order valence-electron chi connectivity index (χ2n) is 3.85. The molecule has 0 aliphatic carbocycles. The third-order valence-electron chi connectivity index (χ3n) is 2.50. The van der Waals surface area contributed by atoms with Crippen molar-refractivity contribution in [3.8, 4) is 17.1 Å². The third kappa shape index (κ3) is 2.79. The highest BCUT2D eigenvalue weighted by Gasteiger charge is 2.34. The molecule has 106 valence electrons. The van der Waals surface area contributed by atoms with E-state index in [2.05, 4.69) is 9.97 Å². The van der Waals surface area contributed by atoms with E-state index in [9.17, 15) is 17.6 Å². The minimum absolute atomic E-state index is 0.0612. The van der Waals surface area contributed by atoms with Crippen molar-refractivity contribution in [2.45, 2.75) is 6.18 Å². The van der Waals surface area contributed by atoms with Crippen LogP contribution >= 0.6 is 0 Å². The van der Waals surface area contributed by atoms with Gasteiger partial charge in [-0.1, -0.05) is 0 Å². The fraction of sp³-hybridized carbons (Fsp3) is 0.167. The molecule has 1 heterocycles. The third-order valence-corrected chi connectivity index (χ3v) is 2.50. The van der Waals surface area contributed by atoms with Crippen LogP contribution in [0.3, 0.4) is 0 Å². The molecular weight excluding hydrogens is 278 g/mol. The van der Waals surface area contributed by atoms with Gasteiger partial charge in [0, 0.05) is 11.6 Å². The predicted molar refractivity (Wildman–Crippen MR) is 63.4 cm³/mol. The first-order valence-corrected chi connectivity index (χ1v) is 5.37. The van der Waals surface area contributed by atoms with Crippen molar-refractivity contribution < 1.29 is 22.3 Å². The molecule has 2 N–H and O–H groups in total. The van der Waals surface area contributed by atoms with Gasteiger partial charge in [0.25, 0.3) is 0 Å². The second kappa shape index (κ2) is 4.95. The number of halogens is 4.